The fourth-order valence-corrected chi connectivity index (χ4v) is 2.86. The van der Waals surface area contributed by atoms with Gasteiger partial charge in [-0.25, -0.2) is 0 Å². The van der Waals surface area contributed by atoms with E-state index in [1.807, 2.05) is 18.2 Å². The van der Waals surface area contributed by atoms with Gasteiger partial charge in [0.15, 0.2) is 0 Å². The van der Waals surface area contributed by atoms with Gasteiger partial charge >= 0.3 is 0 Å². The van der Waals surface area contributed by atoms with E-state index in [1.165, 1.54) is 0 Å². The van der Waals surface area contributed by atoms with E-state index in [9.17, 15) is 9.59 Å². The van der Waals surface area contributed by atoms with Crippen LogP contribution in [0.1, 0.15) is 26.3 Å². The summed E-state index contributed by atoms with van der Waals surface area (Å²) in [6.07, 6.45) is 0. The van der Waals surface area contributed by atoms with Crippen molar-refractivity contribution in [1.29, 1.82) is 0 Å². The predicted octanol–water partition coefficient (Wildman–Crippen LogP) is 3.58. The molecule has 2 aromatic carbocycles. The molecule has 0 bridgehead atoms. The Bertz CT molecular complexity index is 732. The lowest BCUT2D eigenvalue weighted by atomic mass is 10.1. The number of nitrogens with one attached hydrogen (secondary N) is 1. The van der Waals surface area contributed by atoms with Gasteiger partial charge in [-0.3, -0.25) is 9.59 Å². The Morgan fingerprint density at radius 1 is 1.17 bits per heavy atom. The molecule has 0 atom stereocenters. The van der Waals surface area contributed by atoms with Crippen molar-refractivity contribution in [1.82, 2.24) is 10.2 Å². The lowest BCUT2D eigenvalue weighted by Gasteiger charge is -2.18. The summed E-state index contributed by atoms with van der Waals surface area (Å²) < 4.78 is 0.860. The highest BCUT2D eigenvalue weighted by atomic mass is 127. The molecule has 0 aromatic heterocycles. The fourth-order valence-electron chi connectivity index (χ4n) is 2.12. The van der Waals surface area contributed by atoms with E-state index in [2.05, 4.69) is 27.9 Å². The predicted molar refractivity (Wildman–Crippen MR) is 99.8 cm³/mol. The second-order valence-corrected chi connectivity index (χ2v) is 6.66. The van der Waals surface area contributed by atoms with E-state index >= 15 is 0 Å². The Balaban J connectivity index is 2.12. The maximum Gasteiger partial charge on any atom is 0.255 e. The molecule has 0 aliphatic carbocycles. The van der Waals surface area contributed by atoms with Gasteiger partial charge < -0.3 is 10.2 Å². The van der Waals surface area contributed by atoms with Crippen LogP contribution in [-0.4, -0.2) is 30.8 Å². The van der Waals surface area contributed by atoms with E-state index in [4.69, 9.17) is 11.6 Å². The topological polar surface area (TPSA) is 49.4 Å². The molecule has 4 nitrogen and oxygen atoms in total. The van der Waals surface area contributed by atoms with Crippen molar-refractivity contribution in [3.05, 3.63) is 67.7 Å². The molecule has 0 spiro atoms. The Kier molecular flexibility index (Phi) is 6.01. The van der Waals surface area contributed by atoms with Gasteiger partial charge in [-0.15, -0.1) is 0 Å². The number of carbonyl (C=O) groups is 2. The van der Waals surface area contributed by atoms with Crippen LogP contribution in [0.15, 0.2) is 42.5 Å². The number of benzene rings is 2. The van der Waals surface area contributed by atoms with Crippen LogP contribution < -0.4 is 5.32 Å². The number of hydrogen-bond acceptors (Lipinski definition) is 2. The third-order valence-corrected chi connectivity index (χ3v) is 4.54. The van der Waals surface area contributed by atoms with Gasteiger partial charge in [-0.2, -0.15) is 0 Å². The molecule has 0 radical (unpaired) electrons. The van der Waals surface area contributed by atoms with Crippen LogP contribution in [0, 0.1) is 3.57 Å². The van der Waals surface area contributed by atoms with Gasteiger partial charge in [0.25, 0.3) is 11.8 Å². The molecule has 6 heteroatoms. The van der Waals surface area contributed by atoms with Gasteiger partial charge in [0.1, 0.15) is 0 Å². The van der Waals surface area contributed by atoms with Gasteiger partial charge in [0.2, 0.25) is 0 Å². The van der Waals surface area contributed by atoms with E-state index in [0.717, 1.165) is 9.13 Å². The standard InChI is InChI=1S/C17H16ClIN2O2/c1-20-16(22)12-5-3-11(4-6-12)10-21(2)17(23)14-9-13(18)7-8-15(14)19/h3-9H,10H2,1-2H3,(H,20,22). The van der Waals surface area contributed by atoms with Crippen LogP contribution in [0.2, 0.25) is 5.02 Å². The Morgan fingerprint density at radius 2 is 1.83 bits per heavy atom. The van der Waals surface area contributed by atoms with E-state index < -0.39 is 0 Å². The highest BCUT2D eigenvalue weighted by Crippen LogP contribution is 2.20. The van der Waals surface area contributed by atoms with Crippen LogP contribution in [0.3, 0.4) is 0 Å². The molecule has 0 aliphatic heterocycles. The number of amides is 2. The minimum Gasteiger partial charge on any atom is -0.355 e. The summed E-state index contributed by atoms with van der Waals surface area (Å²) in [5.74, 6) is -0.221. The van der Waals surface area contributed by atoms with E-state index in [-0.39, 0.29) is 11.8 Å². The van der Waals surface area contributed by atoms with Crippen LogP contribution in [0.5, 0.6) is 0 Å². The zero-order valence-electron chi connectivity index (χ0n) is 12.8. The average molecular weight is 443 g/mol. The van der Waals surface area contributed by atoms with Gasteiger partial charge in [-0.05, 0) is 58.5 Å². The quantitative estimate of drug-likeness (QED) is 0.736. The largest absolute Gasteiger partial charge is 0.355 e. The SMILES string of the molecule is CNC(=O)c1ccc(CN(C)C(=O)c2cc(Cl)ccc2I)cc1. The summed E-state index contributed by atoms with van der Waals surface area (Å²) in [7, 11) is 3.33. The fraction of sp³-hybridized carbons (Fsp3) is 0.176. The summed E-state index contributed by atoms with van der Waals surface area (Å²) in [6, 6.07) is 12.4. The molecule has 0 saturated heterocycles. The van der Waals surface area contributed by atoms with Crippen molar-refractivity contribution >= 4 is 46.0 Å². The zero-order chi connectivity index (χ0) is 17.0. The lowest BCUT2D eigenvalue weighted by molar-refractivity contribution is 0.0783. The monoisotopic (exact) mass is 442 g/mol. The van der Waals surface area contributed by atoms with Crippen LogP contribution >= 0.6 is 34.2 Å². The van der Waals surface area contributed by atoms with Crippen molar-refractivity contribution in [3.63, 3.8) is 0 Å². The Labute approximate surface area is 154 Å². The van der Waals surface area contributed by atoms with Gasteiger partial charge in [-0.1, -0.05) is 23.7 Å². The highest BCUT2D eigenvalue weighted by molar-refractivity contribution is 14.1. The summed E-state index contributed by atoms with van der Waals surface area (Å²) >= 11 is 8.10. The molecule has 23 heavy (non-hydrogen) atoms. The number of halogens is 2. The third-order valence-electron chi connectivity index (χ3n) is 3.37. The molecule has 1 N–H and O–H groups in total. The van der Waals surface area contributed by atoms with E-state index in [0.29, 0.717) is 22.7 Å². The van der Waals surface area contributed by atoms with Crippen molar-refractivity contribution < 1.29 is 9.59 Å². The molecule has 0 aliphatic rings. The first-order valence-electron chi connectivity index (χ1n) is 6.94. The van der Waals surface area contributed by atoms with Crippen LogP contribution in [0.4, 0.5) is 0 Å². The number of nitrogens with zero attached hydrogens (tertiary/aromatic N) is 1. The maximum absolute atomic E-state index is 12.5. The van der Waals surface area contributed by atoms with Crippen molar-refractivity contribution in [2.45, 2.75) is 6.54 Å². The lowest BCUT2D eigenvalue weighted by Crippen LogP contribution is -2.27. The molecule has 0 unspecified atom stereocenters. The second-order valence-electron chi connectivity index (χ2n) is 5.06. The first-order valence-corrected chi connectivity index (χ1v) is 8.39. The van der Waals surface area contributed by atoms with Gasteiger partial charge in [0, 0.05) is 34.8 Å². The van der Waals surface area contributed by atoms with Gasteiger partial charge in [0.05, 0.1) is 5.56 Å². The minimum atomic E-state index is -0.130. The molecule has 0 heterocycles. The second kappa shape index (κ2) is 7.79. The zero-order valence-corrected chi connectivity index (χ0v) is 15.7. The Morgan fingerprint density at radius 3 is 2.43 bits per heavy atom. The summed E-state index contributed by atoms with van der Waals surface area (Å²) in [5, 5.41) is 3.11. The number of carbonyl (C=O) groups excluding carboxylic acids is 2. The molecule has 2 rings (SSSR count). The molecular formula is C17H16ClIN2O2. The first-order chi connectivity index (χ1) is 10.9. The molecule has 120 valence electrons. The average Bonchev–Trinajstić information content (AvgIpc) is 2.56. The number of rotatable bonds is 4. The summed E-state index contributed by atoms with van der Waals surface area (Å²) in [6.45, 7) is 0.454. The minimum absolute atomic E-state index is 0.0905. The molecule has 0 saturated carbocycles. The maximum atomic E-state index is 12.5. The number of hydrogen-bond donors (Lipinski definition) is 1. The molecule has 2 aromatic rings. The van der Waals surface area contributed by atoms with E-state index in [1.54, 1.807) is 43.3 Å². The molecular weight excluding hydrogens is 427 g/mol. The van der Waals surface area contributed by atoms with Crippen molar-refractivity contribution in [2.75, 3.05) is 14.1 Å². The first kappa shape index (κ1) is 17.7. The smallest absolute Gasteiger partial charge is 0.255 e. The Hall–Kier alpha value is -1.60. The third kappa shape index (κ3) is 4.45. The van der Waals surface area contributed by atoms with Crippen LogP contribution in [-0.2, 0) is 6.54 Å². The molecule has 0 fully saturated rings. The van der Waals surface area contributed by atoms with Crippen LogP contribution in [0.25, 0.3) is 0 Å². The van der Waals surface area contributed by atoms with Crippen molar-refractivity contribution in [2.24, 2.45) is 0 Å². The summed E-state index contributed by atoms with van der Waals surface area (Å²) in [5.41, 5.74) is 2.13. The highest BCUT2D eigenvalue weighted by Gasteiger charge is 2.16. The summed E-state index contributed by atoms with van der Waals surface area (Å²) in [4.78, 5) is 25.7. The normalized spacial score (nSPS) is 10.3. The molecule has 2 amide bonds. The van der Waals surface area contributed by atoms with Crippen molar-refractivity contribution in [3.8, 4) is 0 Å².